The van der Waals surface area contributed by atoms with Gasteiger partial charge in [-0.05, 0) is 43.0 Å². The highest BCUT2D eigenvalue weighted by molar-refractivity contribution is 7.54. The molecular weight excluding hydrogens is 721 g/mol. The van der Waals surface area contributed by atoms with Crippen LogP contribution in [-0.4, -0.2) is 97.5 Å². The van der Waals surface area contributed by atoms with Crippen molar-refractivity contribution in [3.63, 3.8) is 0 Å². The van der Waals surface area contributed by atoms with E-state index in [9.17, 15) is 24.4 Å². The Kier molecular flexibility index (Phi) is 10.5. The minimum absolute atomic E-state index is 0.0997. The monoisotopic (exact) mass is 765 g/mol. The Labute approximate surface area is 311 Å². The zero-order valence-corrected chi connectivity index (χ0v) is 31.1. The number of aromatic nitrogens is 4. The van der Waals surface area contributed by atoms with E-state index >= 15 is 0 Å². The molecule has 17 nitrogen and oxygen atoms in total. The van der Waals surface area contributed by atoms with Gasteiger partial charge in [-0.3, -0.25) is 18.7 Å². The third-order valence-corrected chi connectivity index (χ3v) is 12.0. The van der Waals surface area contributed by atoms with Crippen LogP contribution in [0.1, 0.15) is 49.3 Å². The molecule has 7 rings (SSSR count). The van der Waals surface area contributed by atoms with E-state index in [1.54, 1.807) is 0 Å². The lowest BCUT2D eigenvalue weighted by molar-refractivity contribution is -0.150. The van der Waals surface area contributed by atoms with Gasteiger partial charge in [0.05, 0.1) is 20.0 Å². The number of nitrogens with two attached hydrogens (primary N) is 1. The molecule has 0 spiro atoms. The molecule has 0 amide bonds. The number of carbonyl (C=O) groups is 2. The van der Waals surface area contributed by atoms with Crippen molar-refractivity contribution in [2.45, 2.75) is 94.8 Å². The molecule has 2 aromatic carbocycles. The summed E-state index contributed by atoms with van der Waals surface area (Å²) in [5.74, 6) is -1.38. The standard InChI is InChI=1S/C36H44N7O10P/c1-19(32(45)51-25-13-21-9-5-6-10-22(21)14-25)41-54(48,42-20(2)33(46)52-26-15-23-11-7-8-12-24(23)16-26)50-17-27-29(44)36(3,47)34(53-27)43-18-38-28-30(43)39-35(37)40-31(28)49-4/h5-12,18-20,25-27,29,34,44,47H,13-17H2,1-4H3,(H2,37,39,40)(H2,41,42,48). The zero-order chi connectivity index (χ0) is 38.4. The number of imidazole rings is 1. The molecule has 288 valence electrons. The van der Waals surface area contributed by atoms with E-state index in [1.807, 2.05) is 48.5 Å². The lowest BCUT2D eigenvalue weighted by Gasteiger charge is -2.28. The Hall–Kier alpha value is -4.48. The average molecular weight is 766 g/mol. The molecule has 1 aliphatic heterocycles. The molecule has 3 heterocycles. The van der Waals surface area contributed by atoms with Crippen LogP contribution >= 0.6 is 7.67 Å². The summed E-state index contributed by atoms with van der Waals surface area (Å²) in [6.45, 7) is 3.73. The largest absolute Gasteiger partial charge is 0.479 e. The molecule has 2 aromatic heterocycles. The number of nitrogens with zero attached hydrogens (tertiary/aromatic N) is 4. The SMILES string of the molecule is COc1nc(N)nc2c1ncn2C1OC(COP(=O)(NC(C)C(=O)OC2Cc3ccccc3C2)NC(C)C(=O)OC2Cc3ccccc3C2)C(O)C1(C)O. The summed E-state index contributed by atoms with van der Waals surface area (Å²) in [5.41, 5.74) is 8.70. The van der Waals surface area contributed by atoms with Gasteiger partial charge in [-0.1, -0.05) is 48.5 Å². The molecule has 0 radical (unpaired) electrons. The Balaban J connectivity index is 1.06. The summed E-state index contributed by atoms with van der Waals surface area (Å²) in [5, 5.41) is 28.2. The van der Waals surface area contributed by atoms with Crippen LogP contribution in [0.25, 0.3) is 11.2 Å². The Morgan fingerprint density at radius 2 is 1.46 bits per heavy atom. The molecule has 18 heteroatoms. The van der Waals surface area contributed by atoms with E-state index < -0.39 is 74.5 Å². The van der Waals surface area contributed by atoms with Crippen LogP contribution < -0.4 is 20.6 Å². The molecule has 1 fully saturated rings. The summed E-state index contributed by atoms with van der Waals surface area (Å²) in [6.07, 6.45) is -1.40. The molecule has 54 heavy (non-hydrogen) atoms. The highest BCUT2D eigenvalue weighted by atomic mass is 31.2. The second kappa shape index (κ2) is 15.0. The van der Waals surface area contributed by atoms with Crippen LogP contribution in [0, 0.1) is 0 Å². The molecule has 1 saturated heterocycles. The minimum Gasteiger partial charge on any atom is -0.479 e. The first-order valence-electron chi connectivity index (χ1n) is 17.7. The van der Waals surface area contributed by atoms with E-state index in [2.05, 4.69) is 25.1 Å². The molecule has 0 bridgehead atoms. The normalized spacial score (nSPS) is 24.8. The first-order valence-corrected chi connectivity index (χ1v) is 19.3. The number of anilines is 1. The van der Waals surface area contributed by atoms with Gasteiger partial charge in [0, 0.05) is 25.7 Å². The fraction of sp³-hybridized carbons (Fsp3) is 0.472. The number of esters is 2. The molecule has 3 aliphatic rings. The van der Waals surface area contributed by atoms with E-state index in [4.69, 9.17) is 29.2 Å². The topological polar surface area (TPSA) is 231 Å². The predicted molar refractivity (Wildman–Crippen MR) is 193 cm³/mol. The Morgan fingerprint density at radius 3 is 1.94 bits per heavy atom. The second-order valence-electron chi connectivity index (χ2n) is 14.1. The molecule has 6 N–H and O–H groups in total. The number of aliphatic hydroxyl groups excluding tert-OH is 1. The van der Waals surface area contributed by atoms with E-state index in [0.29, 0.717) is 25.7 Å². The molecule has 4 aromatic rings. The van der Waals surface area contributed by atoms with Crippen LogP contribution in [0.15, 0.2) is 54.9 Å². The van der Waals surface area contributed by atoms with Gasteiger partial charge in [0.15, 0.2) is 17.4 Å². The lowest BCUT2D eigenvalue weighted by atomic mass is 9.96. The summed E-state index contributed by atoms with van der Waals surface area (Å²) in [4.78, 5) is 39.1. The van der Waals surface area contributed by atoms with Crippen LogP contribution in [0.4, 0.5) is 5.95 Å². The summed E-state index contributed by atoms with van der Waals surface area (Å²) in [7, 11) is -2.96. The van der Waals surface area contributed by atoms with Gasteiger partial charge >= 0.3 is 19.6 Å². The molecule has 6 unspecified atom stereocenters. The van der Waals surface area contributed by atoms with Gasteiger partial charge in [-0.25, -0.2) is 15.2 Å². The van der Waals surface area contributed by atoms with Crippen LogP contribution in [0.5, 0.6) is 5.88 Å². The van der Waals surface area contributed by atoms with Gasteiger partial charge in [-0.15, -0.1) is 0 Å². The maximum absolute atomic E-state index is 14.6. The van der Waals surface area contributed by atoms with Gasteiger partial charge in [0.1, 0.15) is 42.1 Å². The van der Waals surface area contributed by atoms with Crippen molar-refractivity contribution in [3.05, 3.63) is 77.1 Å². The smallest absolute Gasteiger partial charge is 0.342 e. The lowest BCUT2D eigenvalue weighted by Crippen LogP contribution is -2.46. The van der Waals surface area contributed by atoms with Crippen molar-refractivity contribution in [1.82, 2.24) is 29.7 Å². The average Bonchev–Trinajstić information content (AvgIpc) is 3.90. The number of carbonyl (C=O) groups excluding carboxylic acids is 2. The van der Waals surface area contributed by atoms with Crippen molar-refractivity contribution in [3.8, 4) is 5.88 Å². The number of nitrogen functional groups attached to an aromatic ring is 1. The predicted octanol–water partition coefficient (Wildman–Crippen LogP) is 1.93. The van der Waals surface area contributed by atoms with Crippen LogP contribution in [0.3, 0.4) is 0 Å². The van der Waals surface area contributed by atoms with Gasteiger partial charge in [-0.2, -0.15) is 9.97 Å². The summed E-state index contributed by atoms with van der Waals surface area (Å²) in [6, 6.07) is 13.3. The highest BCUT2D eigenvalue weighted by Gasteiger charge is 2.54. The van der Waals surface area contributed by atoms with Crippen molar-refractivity contribution in [2.24, 2.45) is 0 Å². The van der Waals surface area contributed by atoms with E-state index in [0.717, 1.165) is 22.3 Å². The Morgan fingerprint density at radius 1 is 0.963 bits per heavy atom. The van der Waals surface area contributed by atoms with Crippen LogP contribution in [-0.2, 0) is 58.6 Å². The van der Waals surface area contributed by atoms with Gasteiger partial charge in [0.25, 0.3) is 0 Å². The quantitative estimate of drug-likeness (QED) is 0.0967. The number of aliphatic hydroxyl groups is 2. The summed E-state index contributed by atoms with van der Waals surface area (Å²) < 4.78 is 44.8. The second-order valence-corrected chi connectivity index (χ2v) is 16.0. The van der Waals surface area contributed by atoms with Gasteiger partial charge in [0.2, 0.25) is 11.8 Å². The van der Waals surface area contributed by atoms with Crippen LogP contribution in [0.2, 0.25) is 0 Å². The number of benzene rings is 2. The number of hydrogen-bond donors (Lipinski definition) is 5. The fourth-order valence-corrected chi connectivity index (χ4v) is 9.05. The van der Waals surface area contributed by atoms with Crippen molar-refractivity contribution < 1.29 is 47.8 Å². The Bertz CT molecular complexity index is 1960. The molecular formula is C36H44N7O10P. The maximum Gasteiger partial charge on any atom is 0.342 e. The molecule has 6 atom stereocenters. The number of ether oxygens (including phenoxy) is 4. The van der Waals surface area contributed by atoms with Gasteiger partial charge < -0.3 is 39.4 Å². The van der Waals surface area contributed by atoms with E-state index in [1.165, 1.54) is 38.8 Å². The first-order chi connectivity index (χ1) is 25.7. The highest BCUT2D eigenvalue weighted by Crippen LogP contribution is 2.44. The number of nitrogens with one attached hydrogen (secondary N) is 2. The number of methoxy groups -OCH3 is 1. The third kappa shape index (κ3) is 7.57. The summed E-state index contributed by atoms with van der Waals surface area (Å²) >= 11 is 0. The van der Waals surface area contributed by atoms with Crippen molar-refractivity contribution >= 4 is 36.7 Å². The third-order valence-electron chi connectivity index (χ3n) is 10.1. The molecule has 2 aliphatic carbocycles. The van der Waals surface area contributed by atoms with Crippen molar-refractivity contribution in [1.29, 1.82) is 0 Å². The number of rotatable bonds is 13. The zero-order valence-electron chi connectivity index (χ0n) is 30.2. The fourth-order valence-electron chi connectivity index (χ4n) is 7.24. The van der Waals surface area contributed by atoms with E-state index in [-0.39, 0.29) is 23.0 Å². The number of hydrogen-bond acceptors (Lipinski definition) is 14. The number of fused-ring (bicyclic) bond motifs is 3. The molecule has 0 saturated carbocycles. The first kappa shape index (κ1) is 37.8. The minimum atomic E-state index is -4.35. The van der Waals surface area contributed by atoms with Crippen molar-refractivity contribution in [2.75, 3.05) is 19.5 Å². The maximum atomic E-state index is 14.6.